The summed E-state index contributed by atoms with van der Waals surface area (Å²) < 4.78 is 2.23. The predicted octanol–water partition coefficient (Wildman–Crippen LogP) is 6.54. The number of hydrogen-bond acceptors (Lipinski definition) is 0. The van der Waals surface area contributed by atoms with E-state index in [1.807, 2.05) is 0 Å². The van der Waals surface area contributed by atoms with Crippen LogP contribution in [0.5, 0.6) is 0 Å². The van der Waals surface area contributed by atoms with Gasteiger partial charge in [-0.05, 0) is 62.7 Å². The maximum atomic E-state index is 6.75. The highest BCUT2D eigenvalue weighted by atomic mass is 127. The van der Waals surface area contributed by atoms with Gasteiger partial charge in [-0.2, -0.15) is 0 Å². The van der Waals surface area contributed by atoms with Crippen LogP contribution in [-0.2, 0) is 0 Å². The van der Waals surface area contributed by atoms with Gasteiger partial charge in [0, 0.05) is 8.04 Å². The zero-order chi connectivity index (χ0) is 14.1. The molecular weight excluding hydrogens is 446 g/mol. The first kappa shape index (κ1) is 14.4. The Morgan fingerprint density at radius 2 is 1.65 bits per heavy atom. The van der Waals surface area contributed by atoms with Crippen LogP contribution in [0.15, 0.2) is 65.1 Å². The molecule has 0 spiro atoms. The van der Waals surface area contributed by atoms with Crippen molar-refractivity contribution in [1.82, 2.24) is 0 Å². The van der Waals surface area contributed by atoms with Crippen molar-refractivity contribution < 1.29 is 0 Å². The first-order chi connectivity index (χ1) is 9.66. The topological polar surface area (TPSA) is 0 Å². The molecule has 3 aromatic carbocycles. The summed E-state index contributed by atoms with van der Waals surface area (Å²) in [5.41, 5.74) is 2.25. The average molecular weight is 458 g/mol. The van der Waals surface area contributed by atoms with Gasteiger partial charge in [0.1, 0.15) is 0 Å². The molecule has 0 bridgehead atoms. The number of alkyl halides is 1. The highest BCUT2D eigenvalue weighted by Gasteiger charge is 2.16. The molecule has 0 amide bonds. The predicted molar refractivity (Wildman–Crippen MR) is 98.5 cm³/mol. The Hall–Kier alpha value is -0.580. The van der Waals surface area contributed by atoms with Crippen molar-refractivity contribution in [3.8, 4) is 0 Å². The molecule has 100 valence electrons. The lowest BCUT2D eigenvalue weighted by Crippen LogP contribution is -1.96. The van der Waals surface area contributed by atoms with Crippen molar-refractivity contribution in [3.05, 3.63) is 79.8 Å². The van der Waals surface area contributed by atoms with Crippen LogP contribution in [-0.4, -0.2) is 0 Å². The quantitative estimate of drug-likeness (QED) is 0.303. The number of benzene rings is 3. The lowest BCUT2D eigenvalue weighted by atomic mass is 9.98. The van der Waals surface area contributed by atoms with Crippen LogP contribution in [0, 0.1) is 3.57 Å². The number of hydrogen-bond donors (Lipinski definition) is 0. The Morgan fingerprint density at radius 1 is 0.900 bits per heavy atom. The Kier molecular flexibility index (Phi) is 4.34. The fourth-order valence-corrected chi connectivity index (χ4v) is 3.84. The lowest BCUT2D eigenvalue weighted by molar-refractivity contribution is 1.14. The molecule has 20 heavy (non-hydrogen) atoms. The van der Waals surface area contributed by atoms with E-state index in [2.05, 4.69) is 99.2 Å². The van der Waals surface area contributed by atoms with E-state index in [1.54, 1.807) is 0 Å². The van der Waals surface area contributed by atoms with E-state index >= 15 is 0 Å². The van der Waals surface area contributed by atoms with E-state index in [0.29, 0.717) is 0 Å². The van der Waals surface area contributed by atoms with Crippen molar-refractivity contribution in [2.75, 3.05) is 0 Å². The van der Waals surface area contributed by atoms with Gasteiger partial charge in [-0.15, -0.1) is 11.6 Å². The molecule has 0 saturated carbocycles. The van der Waals surface area contributed by atoms with Crippen LogP contribution in [0.2, 0.25) is 0 Å². The molecule has 0 aromatic heterocycles. The Labute approximate surface area is 145 Å². The number of fused-ring (bicyclic) bond motifs is 1. The first-order valence-electron chi connectivity index (χ1n) is 6.23. The third-order valence-corrected chi connectivity index (χ3v) is 5.19. The molecule has 0 heterocycles. The molecule has 3 heteroatoms. The zero-order valence-electron chi connectivity index (χ0n) is 10.5. The van der Waals surface area contributed by atoms with Gasteiger partial charge in [-0.25, -0.2) is 0 Å². The summed E-state index contributed by atoms with van der Waals surface area (Å²) in [5, 5.41) is 2.27. The molecule has 0 N–H and O–H groups in total. The van der Waals surface area contributed by atoms with Gasteiger partial charge < -0.3 is 0 Å². The summed E-state index contributed by atoms with van der Waals surface area (Å²) in [5.74, 6) is 0. The molecule has 0 aliphatic rings. The summed E-state index contributed by atoms with van der Waals surface area (Å²) >= 11 is 12.7. The number of rotatable bonds is 2. The molecule has 0 nitrogen and oxygen atoms in total. The minimum atomic E-state index is -0.162. The Bertz CT molecular complexity index is 765. The largest absolute Gasteiger partial charge is 0.113 e. The van der Waals surface area contributed by atoms with E-state index in [1.165, 1.54) is 14.3 Å². The van der Waals surface area contributed by atoms with Gasteiger partial charge in [0.2, 0.25) is 0 Å². The monoisotopic (exact) mass is 456 g/mol. The third-order valence-electron chi connectivity index (χ3n) is 3.33. The van der Waals surface area contributed by atoms with Crippen LogP contribution >= 0.6 is 50.1 Å². The molecule has 0 fully saturated rings. The second-order valence-electron chi connectivity index (χ2n) is 4.60. The van der Waals surface area contributed by atoms with Crippen LogP contribution in [0.1, 0.15) is 16.5 Å². The second kappa shape index (κ2) is 6.04. The zero-order valence-corrected chi connectivity index (χ0v) is 15.0. The van der Waals surface area contributed by atoms with Gasteiger partial charge in [0.25, 0.3) is 0 Å². The Morgan fingerprint density at radius 3 is 2.50 bits per heavy atom. The standard InChI is InChI=1S/C17H11BrClI/c18-16-9-8-12(20)10-15(16)17(19)14-7-3-5-11-4-1-2-6-13(11)14/h1-10,17H. The van der Waals surface area contributed by atoms with E-state index < -0.39 is 0 Å². The summed E-state index contributed by atoms with van der Waals surface area (Å²) in [4.78, 5) is 0. The van der Waals surface area contributed by atoms with E-state index in [-0.39, 0.29) is 5.38 Å². The fraction of sp³-hybridized carbons (Fsp3) is 0.0588. The molecule has 3 aromatic rings. The second-order valence-corrected chi connectivity index (χ2v) is 7.13. The lowest BCUT2D eigenvalue weighted by Gasteiger charge is -2.15. The van der Waals surface area contributed by atoms with Crippen molar-refractivity contribution >= 4 is 60.9 Å². The van der Waals surface area contributed by atoms with E-state index in [4.69, 9.17) is 11.6 Å². The van der Waals surface area contributed by atoms with Crippen molar-refractivity contribution in [1.29, 1.82) is 0 Å². The van der Waals surface area contributed by atoms with Crippen molar-refractivity contribution in [3.63, 3.8) is 0 Å². The smallest absolute Gasteiger partial charge is 0.0852 e. The molecule has 0 aliphatic heterocycles. The first-order valence-corrected chi connectivity index (χ1v) is 8.54. The van der Waals surface area contributed by atoms with Crippen molar-refractivity contribution in [2.45, 2.75) is 5.38 Å². The number of halogens is 3. The van der Waals surface area contributed by atoms with Gasteiger partial charge in [-0.3, -0.25) is 0 Å². The Balaban J connectivity index is 2.17. The summed E-state index contributed by atoms with van der Waals surface area (Å²) in [6, 6.07) is 20.9. The van der Waals surface area contributed by atoms with E-state index in [9.17, 15) is 0 Å². The molecular formula is C17H11BrClI. The van der Waals surface area contributed by atoms with Crippen LogP contribution in [0.25, 0.3) is 10.8 Å². The molecule has 0 radical (unpaired) electrons. The van der Waals surface area contributed by atoms with Gasteiger partial charge in [-0.1, -0.05) is 58.4 Å². The molecule has 1 atom stereocenters. The minimum absolute atomic E-state index is 0.162. The SMILES string of the molecule is ClC(c1cc(I)ccc1Br)c1cccc2ccccc12. The molecule has 3 rings (SSSR count). The maximum Gasteiger partial charge on any atom is 0.0852 e. The summed E-state index contributed by atoms with van der Waals surface area (Å²) in [6.45, 7) is 0. The molecule has 0 saturated heterocycles. The van der Waals surface area contributed by atoms with Crippen LogP contribution in [0.3, 0.4) is 0 Å². The van der Waals surface area contributed by atoms with Gasteiger partial charge in [0.15, 0.2) is 0 Å². The average Bonchev–Trinajstić information content (AvgIpc) is 2.48. The highest BCUT2D eigenvalue weighted by molar-refractivity contribution is 14.1. The van der Waals surface area contributed by atoms with Crippen LogP contribution < -0.4 is 0 Å². The normalized spacial score (nSPS) is 12.6. The summed E-state index contributed by atoms with van der Waals surface area (Å²) in [6.07, 6.45) is 0. The van der Waals surface area contributed by atoms with Gasteiger partial charge in [0.05, 0.1) is 5.38 Å². The highest BCUT2D eigenvalue weighted by Crippen LogP contribution is 2.37. The van der Waals surface area contributed by atoms with E-state index in [0.717, 1.165) is 15.6 Å². The molecule has 0 aliphatic carbocycles. The maximum absolute atomic E-state index is 6.75. The molecule has 1 unspecified atom stereocenters. The minimum Gasteiger partial charge on any atom is -0.113 e. The third kappa shape index (κ3) is 2.74. The fourth-order valence-electron chi connectivity index (χ4n) is 2.35. The van der Waals surface area contributed by atoms with Crippen LogP contribution in [0.4, 0.5) is 0 Å². The van der Waals surface area contributed by atoms with Crippen molar-refractivity contribution in [2.24, 2.45) is 0 Å². The summed E-state index contributed by atoms with van der Waals surface area (Å²) in [7, 11) is 0. The van der Waals surface area contributed by atoms with Gasteiger partial charge >= 0.3 is 0 Å².